The van der Waals surface area contributed by atoms with Gasteiger partial charge >= 0.3 is 12.1 Å². The maximum absolute atomic E-state index is 13.0. The minimum Gasteiger partial charge on any atom is -0.497 e. The first-order valence-corrected chi connectivity index (χ1v) is 6.32. The smallest absolute Gasteiger partial charge is 0.408 e. The van der Waals surface area contributed by atoms with Crippen LogP contribution in [0.4, 0.5) is 18.9 Å². The molecule has 1 N–H and O–H groups in total. The Morgan fingerprint density at radius 3 is 2.48 bits per heavy atom. The Morgan fingerprint density at radius 1 is 1.33 bits per heavy atom. The molecule has 0 aliphatic rings. The van der Waals surface area contributed by atoms with Gasteiger partial charge in [-0.2, -0.15) is 13.2 Å². The molecule has 0 spiro atoms. The Labute approximate surface area is 121 Å². The molecular formula is C14H18F3NO3. The van der Waals surface area contributed by atoms with E-state index in [1.807, 2.05) is 0 Å². The second-order valence-corrected chi connectivity index (χ2v) is 4.53. The number of esters is 1. The van der Waals surface area contributed by atoms with E-state index in [4.69, 9.17) is 4.74 Å². The summed E-state index contributed by atoms with van der Waals surface area (Å²) in [4.78, 5) is 11.0. The van der Waals surface area contributed by atoms with Crippen LogP contribution in [0, 0.1) is 6.92 Å². The van der Waals surface area contributed by atoms with Crippen LogP contribution in [0.25, 0.3) is 0 Å². The molecule has 0 heterocycles. The number of carbonyl (C=O) groups excluding carboxylic acids is 1. The fourth-order valence-electron chi connectivity index (χ4n) is 1.79. The molecule has 0 aliphatic heterocycles. The molecule has 0 fully saturated rings. The van der Waals surface area contributed by atoms with E-state index in [9.17, 15) is 18.0 Å². The van der Waals surface area contributed by atoms with Gasteiger partial charge in [-0.05, 0) is 37.1 Å². The number of ether oxygens (including phenoxy) is 2. The average molecular weight is 305 g/mol. The third kappa shape index (κ3) is 5.17. The molecule has 4 nitrogen and oxygen atoms in total. The van der Waals surface area contributed by atoms with Crippen LogP contribution < -0.4 is 10.1 Å². The second kappa shape index (κ2) is 7.19. The Morgan fingerprint density at radius 2 is 2.00 bits per heavy atom. The number of rotatable bonds is 6. The average Bonchev–Trinajstić information content (AvgIpc) is 2.42. The number of aryl methyl sites for hydroxylation is 1. The molecule has 1 aromatic rings. The third-order valence-electron chi connectivity index (χ3n) is 3.02. The molecule has 0 aromatic heterocycles. The number of anilines is 1. The van der Waals surface area contributed by atoms with Gasteiger partial charge in [-0.3, -0.25) is 4.79 Å². The van der Waals surface area contributed by atoms with Gasteiger partial charge in [0.05, 0.1) is 14.2 Å². The van der Waals surface area contributed by atoms with Crippen LogP contribution in [0.2, 0.25) is 0 Å². The summed E-state index contributed by atoms with van der Waals surface area (Å²) in [5.41, 5.74) is 0.977. The van der Waals surface area contributed by atoms with Crippen LogP contribution in [0.3, 0.4) is 0 Å². The molecule has 1 aromatic carbocycles. The van der Waals surface area contributed by atoms with Gasteiger partial charge in [0, 0.05) is 12.1 Å². The minimum absolute atomic E-state index is 0.303. The van der Waals surface area contributed by atoms with Gasteiger partial charge in [-0.25, -0.2) is 0 Å². The van der Waals surface area contributed by atoms with E-state index in [0.29, 0.717) is 17.0 Å². The highest BCUT2D eigenvalue weighted by molar-refractivity contribution is 5.69. The summed E-state index contributed by atoms with van der Waals surface area (Å²) >= 11 is 0. The number of benzene rings is 1. The normalized spacial score (nSPS) is 12.7. The molecule has 21 heavy (non-hydrogen) atoms. The lowest BCUT2D eigenvalue weighted by molar-refractivity contribution is -0.149. The fourth-order valence-corrected chi connectivity index (χ4v) is 1.79. The fraction of sp³-hybridized carbons (Fsp3) is 0.500. The van der Waals surface area contributed by atoms with Crippen LogP contribution in [0.5, 0.6) is 5.75 Å². The van der Waals surface area contributed by atoms with Crippen molar-refractivity contribution in [2.75, 3.05) is 19.5 Å². The Kier molecular flexibility index (Phi) is 5.87. The maximum atomic E-state index is 13.0. The van der Waals surface area contributed by atoms with Crippen LogP contribution in [-0.4, -0.2) is 32.4 Å². The first-order valence-electron chi connectivity index (χ1n) is 6.32. The predicted octanol–water partition coefficient (Wildman–Crippen LogP) is 3.30. The Bertz CT molecular complexity index is 489. The van der Waals surface area contributed by atoms with E-state index in [1.165, 1.54) is 13.2 Å². The SMILES string of the molecule is COC(=O)CC[C@@H](Nc1ccc(OC)cc1C)C(F)(F)F. The maximum Gasteiger partial charge on any atom is 0.408 e. The van der Waals surface area contributed by atoms with E-state index in [1.54, 1.807) is 19.1 Å². The molecule has 0 saturated carbocycles. The van der Waals surface area contributed by atoms with E-state index in [-0.39, 0.29) is 12.8 Å². The second-order valence-electron chi connectivity index (χ2n) is 4.53. The standard InChI is InChI=1S/C14H18F3NO3/c1-9-8-10(20-2)4-5-11(9)18-12(14(15,16)17)6-7-13(19)21-3/h4-5,8,12,18H,6-7H2,1-3H3/t12-/m1/s1. The summed E-state index contributed by atoms with van der Waals surface area (Å²) < 4.78 is 48.4. The molecule has 0 radical (unpaired) electrons. The number of alkyl halides is 3. The largest absolute Gasteiger partial charge is 0.497 e. The molecule has 0 saturated heterocycles. The zero-order valence-electron chi connectivity index (χ0n) is 12.1. The minimum atomic E-state index is -4.46. The summed E-state index contributed by atoms with van der Waals surface area (Å²) in [6.07, 6.45) is -5.15. The molecule has 1 atom stereocenters. The number of hydrogen-bond donors (Lipinski definition) is 1. The van der Waals surface area contributed by atoms with Crippen LogP contribution in [0.1, 0.15) is 18.4 Å². The molecule has 0 aliphatic carbocycles. The zero-order valence-corrected chi connectivity index (χ0v) is 12.1. The van der Waals surface area contributed by atoms with Crippen LogP contribution in [-0.2, 0) is 9.53 Å². The van der Waals surface area contributed by atoms with Crippen molar-refractivity contribution in [2.45, 2.75) is 32.0 Å². The van der Waals surface area contributed by atoms with Gasteiger partial charge in [0.2, 0.25) is 0 Å². The lowest BCUT2D eigenvalue weighted by Crippen LogP contribution is -2.37. The Hall–Kier alpha value is -1.92. The van der Waals surface area contributed by atoms with Gasteiger partial charge in [0.15, 0.2) is 0 Å². The van der Waals surface area contributed by atoms with Crippen molar-refractivity contribution in [1.29, 1.82) is 0 Å². The lowest BCUT2D eigenvalue weighted by atomic mass is 10.1. The van der Waals surface area contributed by atoms with Gasteiger partial charge in [-0.1, -0.05) is 0 Å². The van der Waals surface area contributed by atoms with Crippen molar-refractivity contribution >= 4 is 11.7 Å². The molecular weight excluding hydrogens is 287 g/mol. The summed E-state index contributed by atoms with van der Waals surface area (Å²) in [5.74, 6) is -0.103. The Balaban J connectivity index is 2.84. The highest BCUT2D eigenvalue weighted by Gasteiger charge is 2.39. The first kappa shape index (κ1) is 17.1. The van der Waals surface area contributed by atoms with Crippen molar-refractivity contribution in [3.8, 4) is 5.75 Å². The molecule has 1 rings (SSSR count). The van der Waals surface area contributed by atoms with E-state index >= 15 is 0 Å². The van der Waals surface area contributed by atoms with Gasteiger partial charge < -0.3 is 14.8 Å². The highest BCUT2D eigenvalue weighted by Crippen LogP contribution is 2.29. The van der Waals surface area contributed by atoms with Crippen molar-refractivity contribution in [2.24, 2.45) is 0 Å². The number of halogens is 3. The van der Waals surface area contributed by atoms with E-state index in [0.717, 1.165) is 7.11 Å². The summed E-state index contributed by atoms with van der Waals surface area (Å²) in [5, 5.41) is 2.43. The number of hydrogen-bond acceptors (Lipinski definition) is 4. The summed E-state index contributed by atoms with van der Waals surface area (Å²) in [6, 6.07) is 2.91. The zero-order chi connectivity index (χ0) is 16.0. The molecule has 7 heteroatoms. The number of carbonyl (C=O) groups is 1. The van der Waals surface area contributed by atoms with Crippen molar-refractivity contribution < 1.29 is 27.4 Å². The third-order valence-corrected chi connectivity index (χ3v) is 3.02. The van der Waals surface area contributed by atoms with Gasteiger partial charge in [0.25, 0.3) is 0 Å². The number of nitrogens with one attached hydrogen (secondary N) is 1. The first-order chi connectivity index (χ1) is 9.77. The quantitative estimate of drug-likeness (QED) is 0.819. The summed E-state index contributed by atoms with van der Waals surface area (Å²) in [6.45, 7) is 1.68. The van der Waals surface area contributed by atoms with Gasteiger partial charge in [0.1, 0.15) is 11.8 Å². The van der Waals surface area contributed by atoms with Crippen molar-refractivity contribution in [1.82, 2.24) is 0 Å². The predicted molar refractivity (Wildman–Crippen MR) is 72.4 cm³/mol. The van der Waals surface area contributed by atoms with Crippen molar-refractivity contribution in [3.05, 3.63) is 23.8 Å². The summed E-state index contributed by atoms with van der Waals surface area (Å²) in [7, 11) is 2.63. The lowest BCUT2D eigenvalue weighted by Gasteiger charge is -2.23. The van der Waals surface area contributed by atoms with Crippen LogP contribution in [0.15, 0.2) is 18.2 Å². The van der Waals surface area contributed by atoms with E-state index < -0.39 is 18.2 Å². The molecule has 118 valence electrons. The molecule has 0 unspecified atom stereocenters. The van der Waals surface area contributed by atoms with E-state index in [2.05, 4.69) is 10.1 Å². The van der Waals surface area contributed by atoms with Crippen molar-refractivity contribution in [3.63, 3.8) is 0 Å². The molecule has 0 bridgehead atoms. The number of methoxy groups -OCH3 is 2. The molecule has 0 amide bonds. The monoisotopic (exact) mass is 305 g/mol. The highest BCUT2D eigenvalue weighted by atomic mass is 19.4. The topological polar surface area (TPSA) is 47.6 Å². The van der Waals surface area contributed by atoms with Crippen LogP contribution >= 0.6 is 0 Å². The van der Waals surface area contributed by atoms with Gasteiger partial charge in [-0.15, -0.1) is 0 Å².